The molecule has 0 bridgehead atoms. The number of hydrogen-bond donors (Lipinski definition) is 3. The Morgan fingerprint density at radius 2 is 2.19 bits per heavy atom. The van der Waals surface area contributed by atoms with E-state index in [1.807, 2.05) is 0 Å². The van der Waals surface area contributed by atoms with Crippen molar-refractivity contribution in [2.45, 2.75) is 13.0 Å². The van der Waals surface area contributed by atoms with Gasteiger partial charge < -0.3 is 15.5 Å². The lowest BCUT2D eigenvalue weighted by Crippen LogP contribution is -2.18. The van der Waals surface area contributed by atoms with Gasteiger partial charge in [-0.05, 0) is 31.7 Å². The Bertz CT molecular complexity index is 406. The van der Waals surface area contributed by atoms with Crippen molar-refractivity contribution < 1.29 is 19.4 Å². The first-order valence-corrected chi connectivity index (χ1v) is 4.83. The van der Waals surface area contributed by atoms with Gasteiger partial charge in [0.05, 0.1) is 11.7 Å². The number of nitrogens with one attached hydrogen (secondary N) is 1. The third kappa shape index (κ3) is 2.56. The van der Waals surface area contributed by atoms with Gasteiger partial charge in [0.25, 0.3) is 0 Å². The molecule has 0 aliphatic heterocycles. The molecule has 88 valence electrons. The first-order valence-electron chi connectivity index (χ1n) is 4.83. The number of carbonyl (C=O) groups is 1. The number of carboxylic acid groups (broad SMARTS) is 1. The molecule has 0 saturated carbocycles. The summed E-state index contributed by atoms with van der Waals surface area (Å²) < 4.78 is 13.5. The predicted molar refractivity (Wildman–Crippen MR) is 57.0 cm³/mol. The van der Waals surface area contributed by atoms with Gasteiger partial charge in [0.2, 0.25) is 0 Å². The summed E-state index contributed by atoms with van der Waals surface area (Å²) in [6.07, 6.45) is -1.05. The van der Waals surface area contributed by atoms with Crippen molar-refractivity contribution in [2.24, 2.45) is 0 Å². The monoisotopic (exact) mass is 227 g/mol. The van der Waals surface area contributed by atoms with Crippen molar-refractivity contribution in [1.82, 2.24) is 5.32 Å². The first-order chi connectivity index (χ1) is 7.47. The van der Waals surface area contributed by atoms with E-state index >= 15 is 0 Å². The SMILES string of the molecule is CNCC(O)c1cc(C(=O)O)c(C)cc1F. The second-order valence-corrected chi connectivity index (χ2v) is 3.57. The summed E-state index contributed by atoms with van der Waals surface area (Å²) in [5.41, 5.74) is 0.342. The summed E-state index contributed by atoms with van der Waals surface area (Å²) >= 11 is 0. The zero-order valence-corrected chi connectivity index (χ0v) is 9.12. The molecule has 0 amide bonds. The maximum absolute atomic E-state index is 13.5. The molecule has 1 atom stereocenters. The first kappa shape index (κ1) is 12.6. The fraction of sp³-hybridized carbons (Fsp3) is 0.364. The molecule has 0 radical (unpaired) electrons. The Morgan fingerprint density at radius 3 is 2.69 bits per heavy atom. The predicted octanol–water partition coefficient (Wildman–Crippen LogP) is 1.09. The van der Waals surface area contributed by atoms with Gasteiger partial charge in [0.15, 0.2) is 0 Å². The third-order valence-corrected chi connectivity index (χ3v) is 2.33. The number of aliphatic hydroxyl groups is 1. The zero-order chi connectivity index (χ0) is 12.3. The van der Waals surface area contributed by atoms with E-state index in [1.165, 1.54) is 13.0 Å². The highest BCUT2D eigenvalue weighted by molar-refractivity contribution is 5.89. The number of carboxylic acids is 1. The second kappa shape index (κ2) is 5.05. The van der Waals surface area contributed by atoms with Crippen molar-refractivity contribution in [3.8, 4) is 0 Å². The number of rotatable bonds is 4. The van der Waals surface area contributed by atoms with E-state index in [4.69, 9.17) is 5.11 Å². The van der Waals surface area contributed by atoms with Crippen LogP contribution in [0.3, 0.4) is 0 Å². The van der Waals surface area contributed by atoms with E-state index < -0.39 is 17.9 Å². The quantitative estimate of drug-likeness (QED) is 0.720. The summed E-state index contributed by atoms with van der Waals surface area (Å²) in [6.45, 7) is 1.68. The Hall–Kier alpha value is -1.46. The Morgan fingerprint density at radius 1 is 1.56 bits per heavy atom. The summed E-state index contributed by atoms with van der Waals surface area (Å²) in [7, 11) is 1.62. The molecular weight excluding hydrogens is 213 g/mol. The van der Waals surface area contributed by atoms with Crippen molar-refractivity contribution in [2.75, 3.05) is 13.6 Å². The molecule has 0 aliphatic rings. The molecule has 0 aliphatic carbocycles. The Balaban J connectivity index is 3.19. The molecule has 1 aromatic rings. The number of halogens is 1. The fourth-order valence-corrected chi connectivity index (χ4v) is 1.48. The molecule has 0 spiro atoms. The van der Waals surface area contributed by atoms with Gasteiger partial charge in [0, 0.05) is 12.1 Å². The molecule has 0 fully saturated rings. The Labute approximate surface area is 92.7 Å². The van der Waals surface area contributed by atoms with E-state index in [1.54, 1.807) is 7.05 Å². The minimum atomic E-state index is -1.13. The maximum atomic E-state index is 13.5. The number of hydrogen-bond acceptors (Lipinski definition) is 3. The molecule has 1 rings (SSSR count). The van der Waals surface area contributed by atoms with Crippen LogP contribution in [0.2, 0.25) is 0 Å². The van der Waals surface area contributed by atoms with Crippen LogP contribution in [0.25, 0.3) is 0 Å². The van der Waals surface area contributed by atoms with Crippen LogP contribution in [0.1, 0.15) is 27.6 Å². The maximum Gasteiger partial charge on any atom is 0.335 e. The molecule has 1 unspecified atom stereocenters. The molecule has 5 heteroatoms. The van der Waals surface area contributed by atoms with Crippen LogP contribution in [0.15, 0.2) is 12.1 Å². The van der Waals surface area contributed by atoms with Crippen molar-refractivity contribution >= 4 is 5.97 Å². The van der Waals surface area contributed by atoms with Gasteiger partial charge in [-0.25, -0.2) is 9.18 Å². The molecule has 16 heavy (non-hydrogen) atoms. The highest BCUT2D eigenvalue weighted by Gasteiger charge is 2.17. The lowest BCUT2D eigenvalue weighted by molar-refractivity contribution is 0.0695. The van der Waals surface area contributed by atoms with Gasteiger partial charge in [0.1, 0.15) is 5.82 Å². The standard InChI is InChI=1S/C11H14FNO3/c1-6-3-9(12)8(10(14)5-13-2)4-7(6)11(15)16/h3-4,10,13-14H,5H2,1-2H3,(H,15,16). The highest BCUT2D eigenvalue weighted by atomic mass is 19.1. The minimum Gasteiger partial charge on any atom is -0.478 e. The molecule has 0 heterocycles. The fourth-order valence-electron chi connectivity index (χ4n) is 1.48. The zero-order valence-electron chi connectivity index (χ0n) is 9.12. The topological polar surface area (TPSA) is 69.6 Å². The van der Waals surface area contributed by atoms with E-state index in [2.05, 4.69) is 5.32 Å². The summed E-state index contributed by atoms with van der Waals surface area (Å²) in [5, 5.41) is 21.2. The van der Waals surface area contributed by atoms with E-state index in [-0.39, 0.29) is 17.7 Å². The van der Waals surface area contributed by atoms with Crippen LogP contribution in [0.4, 0.5) is 4.39 Å². The summed E-state index contributed by atoms with van der Waals surface area (Å²) in [6, 6.07) is 2.30. The largest absolute Gasteiger partial charge is 0.478 e. The van der Waals surface area contributed by atoms with Crippen molar-refractivity contribution in [3.63, 3.8) is 0 Å². The van der Waals surface area contributed by atoms with E-state index in [0.29, 0.717) is 5.56 Å². The van der Waals surface area contributed by atoms with Crippen LogP contribution in [0, 0.1) is 12.7 Å². The van der Waals surface area contributed by atoms with Crippen LogP contribution in [0.5, 0.6) is 0 Å². The number of likely N-dealkylation sites (N-methyl/N-ethyl adjacent to an activating group) is 1. The summed E-state index contributed by atoms with van der Waals surface area (Å²) in [4.78, 5) is 10.8. The average Bonchev–Trinajstić information content (AvgIpc) is 2.17. The van der Waals surface area contributed by atoms with Gasteiger partial charge in [-0.15, -0.1) is 0 Å². The Kier molecular flexibility index (Phi) is 3.98. The van der Waals surface area contributed by atoms with Crippen LogP contribution in [-0.4, -0.2) is 29.8 Å². The van der Waals surface area contributed by atoms with Crippen LogP contribution >= 0.6 is 0 Å². The van der Waals surface area contributed by atoms with Crippen LogP contribution < -0.4 is 5.32 Å². The average molecular weight is 227 g/mol. The van der Waals surface area contributed by atoms with Crippen molar-refractivity contribution in [3.05, 3.63) is 34.6 Å². The number of benzene rings is 1. The summed E-state index contributed by atoms with van der Waals surface area (Å²) in [5.74, 6) is -1.72. The molecule has 3 N–H and O–H groups in total. The minimum absolute atomic E-state index is 0.00245. The normalized spacial score (nSPS) is 12.5. The van der Waals surface area contributed by atoms with Gasteiger partial charge in [-0.2, -0.15) is 0 Å². The number of aliphatic hydroxyl groups excluding tert-OH is 1. The number of aryl methyl sites for hydroxylation is 1. The second-order valence-electron chi connectivity index (χ2n) is 3.57. The molecule has 4 nitrogen and oxygen atoms in total. The lowest BCUT2D eigenvalue weighted by Gasteiger charge is -2.13. The highest BCUT2D eigenvalue weighted by Crippen LogP contribution is 2.21. The van der Waals surface area contributed by atoms with Crippen LogP contribution in [-0.2, 0) is 0 Å². The van der Waals surface area contributed by atoms with Gasteiger partial charge in [-0.1, -0.05) is 0 Å². The molecule has 1 aromatic carbocycles. The molecule has 0 aromatic heterocycles. The smallest absolute Gasteiger partial charge is 0.335 e. The third-order valence-electron chi connectivity index (χ3n) is 2.33. The number of aromatic carboxylic acids is 1. The lowest BCUT2D eigenvalue weighted by atomic mass is 10.0. The van der Waals surface area contributed by atoms with Crippen molar-refractivity contribution in [1.29, 1.82) is 0 Å². The molecular formula is C11H14FNO3. The van der Waals surface area contributed by atoms with Gasteiger partial charge >= 0.3 is 5.97 Å². The van der Waals surface area contributed by atoms with E-state index in [9.17, 15) is 14.3 Å². The van der Waals surface area contributed by atoms with E-state index in [0.717, 1.165) is 6.07 Å². The molecule has 0 saturated heterocycles. The van der Waals surface area contributed by atoms with Gasteiger partial charge in [-0.3, -0.25) is 0 Å².